The Bertz CT molecular complexity index is 845. The van der Waals surface area contributed by atoms with Crippen molar-refractivity contribution in [1.29, 1.82) is 5.26 Å². The van der Waals surface area contributed by atoms with Gasteiger partial charge in [-0.1, -0.05) is 48.5 Å². The van der Waals surface area contributed by atoms with Crippen LogP contribution in [0.15, 0.2) is 79.0 Å². The van der Waals surface area contributed by atoms with Crippen molar-refractivity contribution in [3.63, 3.8) is 0 Å². The summed E-state index contributed by atoms with van der Waals surface area (Å²) in [7, 11) is 0. The first-order valence-electron chi connectivity index (χ1n) is 9.50. The van der Waals surface area contributed by atoms with Crippen LogP contribution in [0.4, 0.5) is 11.5 Å². The molecule has 0 bridgehead atoms. The lowest BCUT2D eigenvalue weighted by Gasteiger charge is -2.27. The number of hydrogen-bond donors (Lipinski definition) is 3. The van der Waals surface area contributed by atoms with E-state index in [1.165, 1.54) is 5.56 Å². The van der Waals surface area contributed by atoms with Crippen LogP contribution in [0.1, 0.15) is 11.1 Å². The van der Waals surface area contributed by atoms with E-state index < -0.39 is 0 Å². The average molecular weight is 371 g/mol. The summed E-state index contributed by atoms with van der Waals surface area (Å²) in [5.74, 6) is 0.924. The molecule has 0 spiro atoms. The Morgan fingerprint density at radius 2 is 1.71 bits per heavy atom. The van der Waals surface area contributed by atoms with Gasteiger partial charge in [-0.15, -0.1) is 0 Å². The summed E-state index contributed by atoms with van der Waals surface area (Å²) in [5, 5.41) is 19.1. The van der Waals surface area contributed by atoms with E-state index in [2.05, 4.69) is 27.0 Å². The molecular formula is C23H25N5. The van der Waals surface area contributed by atoms with Crippen LogP contribution in [-0.2, 0) is 6.42 Å². The third-order valence-corrected chi connectivity index (χ3v) is 4.42. The topological polar surface area (TPSA) is 72.8 Å². The minimum absolute atomic E-state index is 0.336. The summed E-state index contributed by atoms with van der Waals surface area (Å²) in [6, 6.07) is 26.2. The first kappa shape index (κ1) is 19.4. The Hall–Kier alpha value is -3.36. The van der Waals surface area contributed by atoms with Gasteiger partial charge < -0.3 is 16.0 Å². The molecule has 1 aliphatic heterocycles. The largest absolute Gasteiger partial charge is 0.380 e. The van der Waals surface area contributed by atoms with E-state index in [-0.39, 0.29) is 0 Å². The maximum absolute atomic E-state index is 8.78. The van der Waals surface area contributed by atoms with Crippen molar-refractivity contribution >= 4 is 11.5 Å². The molecular weight excluding hydrogens is 346 g/mol. The molecule has 5 nitrogen and oxygen atoms in total. The van der Waals surface area contributed by atoms with Crippen LogP contribution in [-0.4, -0.2) is 30.7 Å². The molecule has 1 aromatic heterocycles. The molecule has 28 heavy (non-hydrogen) atoms. The van der Waals surface area contributed by atoms with Crippen LogP contribution in [0.3, 0.4) is 0 Å². The van der Waals surface area contributed by atoms with Crippen molar-refractivity contribution in [3.8, 4) is 6.07 Å². The first-order valence-corrected chi connectivity index (χ1v) is 9.50. The van der Waals surface area contributed by atoms with Gasteiger partial charge in [0.1, 0.15) is 5.82 Å². The number of nitrogens with zero attached hydrogens (tertiary/aromatic N) is 2. The molecule has 5 heteroatoms. The number of hydrogen-bond acceptors (Lipinski definition) is 5. The lowest BCUT2D eigenvalue weighted by atomic mass is 10.1. The number of fused-ring (bicyclic) bond motifs is 1. The Morgan fingerprint density at radius 3 is 2.39 bits per heavy atom. The lowest BCUT2D eigenvalue weighted by Crippen LogP contribution is -2.41. The van der Waals surface area contributed by atoms with Gasteiger partial charge >= 0.3 is 0 Å². The number of anilines is 2. The van der Waals surface area contributed by atoms with Gasteiger partial charge in [0.05, 0.1) is 23.4 Å². The Kier molecular flexibility index (Phi) is 7.42. The standard InChI is InChI=1S/C17H19N5.C6H6/c18-10-14-5-3-13(4-6-14)7-9-19-11-15-12-21-16-2-1-8-20-17(16)22-15;1-2-4-6-5-3-1/h1-6,8,15,19,21H,7,9,11-12H2,(H,20,22);1-6H. The second-order valence-corrected chi connectivity index (χ2v) is 6.54. The Balaban J connectivity index is 0.000000320. The highest BCUT2D eigenvalue weighted by Gasteiger charge is 2.16. The minimum Gasteiger partial charge on any atom is -0.380 e. The van der Waals surface area contributed by atoms with Gasteiger partial charge in [0.15, 0.2) is 0 Å². The molecule has 0 saturated carbocycles. The van der Waals surface area contributed by atoms with E-state index in [1.54, 1.807) is 6.20 Å². The molecule has 3 N–H and O–H groups in total. The zero-order valence-corrected chi connectivity index (χ0v) is 15.8. The van der Waals surface area contributed by atoms with E-state index in [0.29, 0.717) is 11.6 Å². The predicted octanol–water partition coefficient (Wildman–Crippen LogP) is 3.68. The van der Waals surface area contributed by atoms with Crippen molar-refractivity contribution < 1.29 is 0 Å². The van der Waals surface area contributed by atoms with Crippen LogP contribution in [0.25, 0.3) is 0 Å². The fourth-order valence-electron chi connectivity index (χ4n) is 2.90. The van der Waals surface area contributed by atoms with Crippen LogP contribution in [0.5, 0.6) is 0 Å². The second-order valence-electron chi connectivity index (χ2n) is 6.54. The molecule has 142 valence electrons. The van der Waals surface area contributed by atoms with Crippen molar-refractivity contribution in [1.82, 2.24) is 10.3 Å². The normalized spacial score (nSPS) is 14.3. The number of benzene rings is 2. The van der Waals surface area contributed by atoms with Crippen LogP contribution < -0.4 is 16.0 Å². The highest BCUT2D eigenvalue weighted by Crippen LogP contribution is 2.22. The average Bonchev–Trinajstić information content (AvgIpc) is 2.78. The third-order valence-electron chi connectivity index (χ3n) is 4.42. The zero-order chi connectivity index (χ0) is 19.4. The summed E-state index contributed by atoms with van der Waals surface area (Å²) in [4.78, 5) is 4.33. The van der Waals surface area contributed by atoms with Gasteiger partial charge in [0, 0.05) is 19.3 Å². The van der Waals surface area contributed by atoms with Crippen molar-refractivity contribution in [2.24, 2.45) is 0 Å². The number of pyridine rings is 1. The van der Waals surface area contributed by atoms with Crippen molar-refractivity contribution in [3.05, 3.63) is 90.1 Å². The quantitative estimate of drug-likeness (QED) is 0.597. The third kappa shape index (κ3) is 6.11. The van der Waals surface area contributed by atoms with Crippen molar-refractivity contribution in [2.45, 2.75) is 12.5 Å². The van der Waals surface area contributed by atoms with E-state index in [4.69, 9.17) is 5.26 Å². The summed E-state index contributed by atoms with van der Waals surface area (Å²) >= 11 is 0. The van der Waals surface area contributed by atoms with Crippen LogP contribution in [0, 0.1) is 11.3 Å². The molecule has 2 aromatic carbocycles. The molecule has 0 aliphatic carbocycles. The molecule has 0 fully saturated rings. The van der Waals surface area contributed by atoms with Crippen LogP contribution in [0.2, 0.25) is 0 Å². The molecule has 0 saturated heterocycles. The molecule has 0 radical (unpaired) electrons. The molecule has 1 unspecified atom stereocenters. The monoisotopic (exact) mass is 371 g/mol. The summed E-state index contributed by atoms with van der Waals surface area (Å²) in [6.07, 6.45) is 2.76. The molecule has 1 aliphatic rings. The number of nitrogens with one attached hydrogen (secondary N) is 3. The van der Waals surface area contributed by atoms with E-state index in [1.807, 2.05) is 72.8 Å². The van der Waals surface area contributed by atoms with Crippen LogP contribution >= 0.6 is 0 Å². The summed E-state index contributed by atoms with van der Waals surface area (Å²) < 4.78 is 0. The minimum atomic E-state index is 0.336. The first-order chi connectivity index (χ1) is 13.8. The summed E-state index contributed by atoms with van der Waals surface area (Å²) in [6.45, 7) is 2.70. The van der Waals surface area contributed by atoms with E-state index in [0.717, 1.165) is 37.6 Å². The maximum Gasteiger partial charge on any atom is 0.149 e. The second kappa shape index (κ2) is 10.7. The summed E-state index contributed by atoms with van der Waals surface area (Å²) in [5.41, 5.74) is 3.02. The lowest BCUT2D eigenvalue weighted by molar-refractivity contribution is 0.610. The Labute approximate surface area is 166 Å². The molecule has 1 atom stereocenters. The maximum atomic E-state index is 8.78. The van der Waals surface area contributed by atoms with Gasteiger partial charge in [0.25, 0.3) is 0 Å². The highest BCUT2D eigenvalue weighted by atomic mass is 15.1. The highest BCUT2D eigenvalue weighted by molar-refractivity contribution is 5.66. The van der Waals surface area contributed by atoms with Gasteiger partial charge in [-0.25, -0.2) is 4.98 Å². The molecule has 3 aromatic rings. The molecule has 0 amide bonds. The SMILES string of the molecule is N#Cc1ccc(CCNCC2CNc3cccnc3N2)cc1.c1ccccc1. The molecule has 2 heterocycles. The van der Waals surface area contributed by atoms with Gasteiger partial charge in [-0.05, 0) is 42.8 Å². The number of rotatable bonds is 5. The Morgan fingerprint density at radius 1 is 1.00 bits per heavy atom. The van der Waals surface area contributed by atoms with Crippen molar-refractivity contribution in [2.75, 3.05) is 30.3 Å². The van der Waals surface area contributed by atoms with Gasteiger partial charge in [-0.2, -0.15) is 5.26 Å². The predicted molar refractivity (Wildman–Crippen MR) is 114 cm³/mol. The van der Waals surface area contributed by atoms with Gasteiger partial charge in [0.2, 0.25) is 0 Å². The fourth-order valence-corrected chi connectivity index (χ4v) is 2.90. The number of nitriles is 1. The van der Waals surface area contributed by atoms with Gasteiger partial charge in [-0.3, -0.25) is 0 Å². The van der Waals surface area contributed by atoms with E-state index >= 15 is 0 Å². The molecule has 4 rings (SSSR count). The fraction of sp³-hybridized carbons (Fsp3) is 0.217. The zero-order valence-electron chi connectivity index (χ0n) is 15.8. The smallest absolute Gasteiger partial charge is 0.149 e. The van der Waals surface area contributed by atoms with E-state index in [9.17, 15) is 0 Å². The number of aromatic nitrogens is 1.